The molecule has 0 N–H and O–H groups in total. The quantitative estimate of drug-likeness (QED) is 0.453. The summed E-state index contributed by atoms with van der Waals surface area (Å²) in [6.45, 7) is 0. The van der Waals surface area contributed by atoms with Crippen LogP contribution in [0.15, 0.2) is 53.9 Å². The maximum atomic E-state index is 6.06. The number of halogens is 1. The van der Waals surface area contributed by atoms with Crippen molar-refractivity contribution in [2.75, 3.05) is 0 Å². The lowest BCUT2D eigenvalue weighted by Gasteiger charge is -2.07. The number of nitrogens with zero attached hydrogens (tertiary/aromatic N) is 2. The zero-order valence-corrected chi connectivity index (χ0v) is 11.9. The Balaban J connectivity index is 2.14. The number of aromatic nitrogens is 2. The Kier molecular flexibility index (Phi) is 2.69. The molecule has 0 aliphatic carbocycles. The predicted molar refractivity (Wildman–Crippen MR) is 85.4 cm³/mol. The SMILES string of the molecule is Clc1nc(-c2cccc3ccccc23)c2sccc2n1. The van der Waals surface area contributed by atoms with Gasteiger partial charge in [-0.05, 0) is 33.8 Å². The second-order valence-electron chi connectivity index (χ2n) is 4.50. The fraction of sp³-hybridized carbons (Fsp3) is 0. The smallest absolute Gasteiger partial charge is 0.217 e. The molecule has 0 atom stereocenters. The van der Waals surface area contributed by atoms with E-state index in [0.29, 0.717) is 5.28 Å². The van der Waals surface area contributed by atoms with Crippen LogP contribution in [0.1, 0.15) is 0 Å². The summed E-state index contributed by atoms with van der Waals surface area (Å²) in [7, 11) is 0. The Morgan fingerprint density at radius 1 is 0.900 bits per heavy atom. The van der Waals surface area contributed by atoms with Gasteiger partial charge >= 0.3 is 0 Å². The summed E-state index contributed by atoms with van der Waals surface area (Å²) < 4.78 is 1.07. The first-order chi connectivity index (χ1) is 9.83. The van der Waals surface area contributed by atoms with E-state index in [0.717, 1.165) is 21.5 Å². The molecule has 2 nitrogen and oxygen atoms in total. The fourth-order valence-electron chi connectivity index (χ4n) is 2.45. The van der Waals surface area contributed by atoms with Crippen molar-refractivity contribution in [1.82, 2.24) is 9.97 Å². The lowest BCUT2D eigenvalue weighted by atomic mass is 10.0. The molecular formula is C16H9ClN2S. The van der Waals surface area contributed by atoms with Crippen molar-refractivity contribution >= 4 is 43.9 Å². The molecule has 0 amide bonds. The largest absolute Gasteiger partial charge is 0.223 e. The first-order valence-corrected chi connectivity index (χ1v) is 7.47. The average Bonchev–Trinajstić information content (AvgIpc) is 2.94. The van der Waals surface area contributed by atoms with E-state index in [2.05, 4.69) is 34.2 Å². The van der Waals surface area contributed by atoms with Gasteiger partial charge in [0.1, 0.15) is 0 Å². The van der Waals surface area contributed by atoms with Crippen LogP contribution in [0, 0.1) is 0 Å². The second-order valence-corrected chi connectivity index (χ2v) is 5.76. The number of benzene rings is 2. The number of thiophene rings is 1. The number of hydrogen-bond donors (Lipinski definition) is 0. The third-order valence-electron chi connectivity index (χ3n) is 3.32. The van der Waals surface area contributed by atoms with Crippen molar-refractivity contribution in [3.05, 3.63) is 59.2 Å². The van der Waals surface area contributed by atoms with E-state index < -0.39 is 0 Å². The van der Waals surface area contributed by atoms with Crippen LogP contribution < -0.4 is 0 Å². The van der Waals surface area contributed by atoms with E-state index in [1.807, 2.05) is 29.6 Å². The van der Waals surface area contributed by atoms with Gasteiger partial charge in [-0.3, -0.25) is 0 Å². The Morgan fingerprint density at radius 2 is 1.75 bits per heavy atom. The molecule has 0 fully saturated rings. The van der Waals surface area contributed by atoms with Gasteiger partial charge in [-0.25, -0.2) is 9.97 Å². The predicted octanol–water partition coefficient (Wildman–Crippen LogP) is 5.16. The zero-order valence-electron chi connectivity index (χ0n) is 10.4. The Hall–Kier alpha value is -1.97. The first-order valence-electron chi connectivity index (χ1n) is 6.22. The molecule has 4 heteroatoms. The molecule has 0 saturated carbocycles. The molecule has 96 valence electrons. The summed E-state index contributed by atoms with van der Waals surface area (Å²) in [6, 6.07) is 16.5. The third kappa shape index (κ3) is 1.79. The second kappa shape index (κ2) is 4.54. The molecular weight excluding hydrogens is 288 g/mol. The molecule has 0 radical (unpaired) electrons. The summed E-state index contributed by atoms with van der Waals surface area (Å²) >= 11 is 7.71. The summed E-state index contributed by atoms with van der Waals surface area (Å²) in [5.74, 6) is 0. The highest BCUT2D eigenvalue weighted by molar-refractivity contribution is 7.17. The van der Waals surface area contributed by atoms with Crippen molar-refractivity contribution in [2.45, 2.75) is 0 Å². The minimum Gasteiger partial charge on any atom is -0.217 e. The molecule has 0 aliphatic heterocycles. The van der Waals surface area contributed by atoms with Crippen LogP contribution in [0.4, 0.5) is 0 Å². The van der Waals surface area contributed by atoms with Gasteiger partial charge in [0.2, 0.25) is 5.28 Å². The van der Waals surface area contributed by atoms with Crippen LogP contribution in [0.2, 0.25) is 5.28 Å². The molecule has 0 saturated heterocycles. The van der Waals surface area contributed by atoms with Gasteiger partial charge in [0, 0.05) is 5.56 Å². The van der Waals surface area contributed by atoms with E-state index in [1.165, 1.54) is 10.8 Å². The summed E-state index contributed by atoms with van der Waals surface area (Å²) in [5, 5.41) is 4.69. The molecule has 0 unspecified atom stereocenters. The summed E-state index contributed by atoms with van der Waals surface area (Å²) in [5.41, 5.74) is 2.91. The van der Waals surface area contributed by atoms with Crippen molar-refractivity contribution < 1.29 is 0 Å². The Labute approximate surface area is 124 Å². The molecule has 2 aromatic heterocycles. The van der Waals surface area contributed by atoms with E-state index in [4.69, 9.17) is 11.6 Å². The topological polar surface area (TPSA) is 25.8 Å². The van der Waals surface area contributed by atoms with Gasteiger partial charge in [-0.1, -0.05) is 42.5 Å². The normalized spacial score (nSPS) is 11.2. The van der Waals surface area contributed by atoms with Crippen LogP contribution in [0.25, 0.3) is 32.2 Å². The Bertz CT molecular complexity index is 925. The van der Waals surface area contributed by atoms with Crippen LogP contribution in [0.3, 0.4) is 0 Å². The van der Waals surface area contributed by atoms with Crippen LogP contribution in [-0.4, -0.2) is 9.97 Å². The van der Waals surface area contributed by atoms with E-state index in [-0.39, 0.29) is 0 Å². The van der Waals surface area contributed by atoms with Crippen molar-refractivity contribution in [2.24, 2.45) is 0 Å². The average molecular weight is 297 g/mol. The molecule has 0 aliphatic rings. The number of rotatable bonds is 1. The van der Waals surface area contributed by atoms with Crippen molar-refractivity contribution in [3.63, 3.8) is 0 Å². The lowest BCUT2D eigenvalue weighted by molar-refractivity contribution is 1.23. The van der Waals surface area contributed by atoms with Crippen LogP contribution in [-0.2, 0) is 0 Å². The highest BCUT2D eigenvalue weighted by Crippen LogP contribution is 2.34. The molecule has 0 spiro atoms. The molecule has 20 heavy (non-hydrogen) atoms. The molecule has 2 aromatic carbocycles. The zero-order chi connectivity index (χ0) is 13.5. The van der Waals surface area contributed by atoms with E-state index in [1.54, 1.807) is 11.3 Å². The van der Waals surface area contributed by atoms with Gasteiger partial charge in [0.15, 0.2) is 0 Å². The standard InChI is InChI=1S/C16H9ClN2S/c17-16-18-13-8-9-20-15(13)14(19-16)12-7-3-5-10-4-1-2-6-11(10)12/h1-9H. The summed E-state index contributed by atoms with van der Waals surface area (Å²) in [6.07, 6.45) is 0. The van der Waals surface area contributed by atoms with E-state index >= 15 is 0 Å². The maximum Gasteiger partial charge on any atom is 0.223 e. The van der Waals surface area contributed by atoms with Gasteiger partial charge in [0.05, 0.1) is 15.9 Å². The molecule has 0 bridgehead atoms. The van der Waals surface area contributed by atoms with Gasteiger partial charge in [-0.15, -0.1) is 11.3 Å². The van der Waals surface area contributed by atoms with Gasteiger partial charge in [0.25, 0.3) is 0 Å². The molecule has 2 heterocycles. The summed E-state index contributed by atoms with van der Waals surface area (Å²) in [4.78, 5) is 8.73. The Morgan fingerprint density at radius 3 is 2.70 bits per heavy atom. The highest BCUT2D eigenvalue weighted by atomic mass is 35.5. The number of hydrogen-bond acceptors (Lipinski definition) is 3. The highest BCUT2D eigenvalue weighted by Gasteiger charge is 2.12. The van der Waals surface area contributed by atoms with Gasteiger partial charge in [-0.2, -0.15) is 0 Å². The molecule has 4 rings (SSSR count). The minimum absolute atomic E-state index is 0.291. The minimum atomic E-state index is 0.291. The first kappa shape index (κ1) is 11.8. The van der Waals surface area contributed by atoms with Gasteiger partial charge < -0.3 is 0 Å². The number of fused-ring (bicyclic) bond motifs is 2. The van der Waals surface area contributed by atoms with E-state index in [9.17, 15) is 0 Å². The van der Waals surface area contributed by atoms with Crippen molar-refractivity contribution in [1.29, 1.82) is 0 Å². The fourth-order valence-corrected chi connectivity index (χ4v) is 3.46. The monoisotopic (exact) mass is 296 g/mol. The van der Waals surface area contributed by atoms with Crippen LogP contribution >= 0.6 is 22.9 Å². The van der Waals surface area contributed by atoms with Crippen molar-refractivity contribution in [3.8, 4) is 11.3 Å². The maximum absolute atomic E-state index is 6.06. The van der Waals surface area contributed by atoms with Crippen LogP contribution in [0.5, 0.6) is 0 Å². The lowest BCUT2D eigenvalue weighted by Crippen LogP contribution is -1.89. The molecule has 4 aromatic rings. The third-order valence-corrected chi connectivity index (χ3v) is 4.40.